The Labute approximate surface area is 69.8 Å². The van der Waals surface area contributed by atoms with Crippen molar-refractivity contribution < 1.29 is 4.74 Å². The molecule has 5 nitrogen and oxygen atoms in total. The fraction of sp³-hybridized carbons (Fsp3) is 0. The largest absolute Gasteiger partial charge is 0.425 e. The lowest BCUT2D eigenvalue weighted by molar-refractivity contribution is 0.539. The first-order chi connectivity index (χ1) is 5.72. The zero-order valence-electron chi connectivity index (χ0n) is 6.40. The van der Waals surface area contributed by atoms with E-state index in [9.17, 15) is 0 Å². The highest BCUT2D eigenvalue weighted by atomic mass is 16.5. The quantitative estimate of drug-likeness (QED) is 0.177. The summed E-state index contributed by atoms with van der Waals surface area (Å²) in [5, 5.41) is 3.15. The van der Waals surface area contributed by atoms with Crippen LogP contribution in [0.4, 0.5) is 5.69 Å². The van der Waals surface area contributed by atoms with Gasteiger partial charge in [-0.1, -0.05) is 0 Å². The Bertz CT molecular complexity index is 280. The second-order valence-corrected chi connectivity index (χ2v) is 2.14. The lowest BCUT2D eigenvalue weighted by Gasteiger charge is -2.02. The van der Waals surface area contributed by atoms with Crippen LogP contribution < -0.4 is 22.0 Å². The number of nitrogens with two attached hydrogens (primary N) is 3. The molecule has 0 radical (unpaired) electrons. The first-order valence-electron chi connectivity index (χ1n) is 3.29. The molecule has 0 spiro atoms. The number of nitrogens with zero attached hydrogens (tertiary/aromatic N) is 1. The summed E-state index contributed by atoms with van der Waals surface area (Å²) >= 11 is 0. The van der Waals surface area contributed by atoms with Crippen molar-refractivity contribution in [3.63, 3.8) is 0 Å². The molecule has 6 N–H and O–H groups in total. The number of rotatable bonds is 1. The summed E-state index contributed by atoms with van der Waals surface area (Å²) in [6, 6.07) is 6.65. The highest BCUT2D eigenvalue weighted by molar-refractivity contribution is 5.73. The van der Waals surface area contributed by atoms with E-state index in [0.29, 0.717) is 11.4 Å². The molecular formula is C7H10N4O. The molecule has 0 unspecified atom stereocenters. The summed E-state index contributed by atoms with van der Waals surface area (Å²) < 4.78 is 4.97. The van der Waals surface area contributed by atoms with E-state index >= 15 is 0 Å². The first kappa shape index (κ1) is 8.19. The van der Waals surface area contributed by atoms with Crippen LogP contribution in [0.1, 0.15) is 0 Å². The second kappa shape index (κ2) is 3.47. The van der Waals surface area contributed by atoms with E-state index in [1.807, 2.05) is 0 Å². The van der Waals surface area contributed by atoms with Gasteiger partial charge in [-0.2, -0.15) is 0 Å². The van der Waals surface area contributed by atoms with Crippen molar-refractivity contribution in [1.82, 2.24) is 0 Å². The van der Waals surface area contributed by atoms with Crippen LogP contribution >= 0.6 is 0 Å². The van der Waals surface area contributed by atoms with Crippen LogP contribution in [0.25, 0.3) is 0 Å². The predicted molar refractivity (Wildman–Crippen MR) is 47.3 cm³/mol. The van der Waals surface area contributed by atoms with Gasteiger partial charge in [-0.05, 0) is 24.3 Å². The number of hydrazone groups is 1. The van der Waals surface area contributed by atoms with Gasteiger partial charge < -0.3 is 22.0 Å². The third kappa shape index (κ3) is 2.05. The third-order valence-corrected chi connectivity index (χ3v) is 1.23. The standard InChI is InChI=1S/C7H10N4O/c8-5-1-3-6(4-2-5)12-7(9)11-10/h1-4H,8,10H2,(H2,9,11). The van der Waals surface area contributed by atoms with Crippen molar-refractivity contribution in [2.24, 2.45) is 16.7 Å². The monoisotopic (exact) mass is 166 g/mol. The van der Waals surface area contributed by atoms with Gasteiger partial charge in [-0.3, -0.25) is 0 Å². The number of ether oxygens (including phenoxy) is 1. The molecule has 1 aromatic rings. The zero-order chi connectivity index (χ0) is 8.97. The Balaban J connectivity index is 2.71. The van der Waals surface area contributed by atoms with Crippen molar-refractivity contribution in [1.29, 1.82) is 0 Å². The molecule has 5 heteroatoms. The van der Waals surface area contributed by atoms with Gasteiger partial charge in [0.2, 0.25) is 0 Å². The molecule has 0 saturated carbocycles. The van der Waals surface area contributed by atoms with E-state index in [1.54, 1.807) is 24.3 Å². The second-order valence-electron chi connectivity index (χ2n) is 2.14. The van der Waals surface area contributed by atoms with Crippen LogP contribution in [0.5, 0.6) is 5.75 Å². The lowest BCUT2D eigenvalue weighted by atomic mass is 10.3. The fourth-order valence-electron chi connectivity index (χ4n) is 0.683. The Morgan fingerprint density at radius 1 is 1.25 bits per heavy atom. The number of amidine groups is 1. The van der Waals surface area contributed by atoms with Crippen LogP contribution in [0, 0.1) is 0 Å². The number of anilines is 1. The molecule has 64 valence electrons. The number of nitrogen functional groups attached to an aromatic ring is 1. The van der Waals surface area contributed by atoms with E-state index in [-0.39, 0.29) is 6.02 Å². The summed E-state index contributed by atoms with van der Waals surface area (Å²) in [7, 11) is 0. The van der Waals surface area contributed by atoms with E-state index in [0.717, 1.165) is 0 Å². The molecule has 0 aromatic heterocycles. The van der Waals surface area contributed by atoms with Crippen LogP contribution in [0.3, 0.4) is 0 Å². The van der Waals surface area contributed by atoms with Crippen molar-refractivity contribution in [2.45, 2.75) is 0 Å². The van der Waals surface area contributed by atoms with Gasteiger partial charge in [0.05, 0.1) is 0 Å². The molecule has 0 aliphatic carbocycles. The molecule has 0 heterocycles. The van der Waals surface area contributed by atoms with Gasteiger partial charge in [0, 0.05) is 5.69 Å². The molecule has 0 aliphatic rings. The minimum absolute atomic E-state index is 0.0835. The Kier molecular flexibility index (Phi) is 2.37. The number of hydrogen-bond acceptors (Lipinski definition) is 4. The topological polar surface area (TPSA) is 99.6 Å². The molecule has 0 bridgehead atoms. The van der Waals surface area contributed by atoms with Crippen molar-refractivity contribution in [3.05, 3.63) is 24.3 Å². The smallest absolute Gasteiger partial charge is 0.309 e. The molecule has 1 aromatic carbocycles. The average Bonchev–Trinajstić information content (AvgIpc) is 2.09. The average molecular weight is 166 g/mol. The zero-order valence-corrected chi connectivity index (χ0v) is 6.40. The Morgan fingerprint density at radius 2 is 1.83 bits per heavy atom. The molecule has 12 heavy (non-hydrogen) atoms. The van der Waals surface area contributed by atoms with E-state index in [2.05, 4.69) is 5.10 Å². The number of hydrogen-bond donors (Lipinski definition) is 3. The minimum Gasteiger partial charge on any atom is -0.425 e. The van der Waals surface area contributed by atoms with Gasteiger partial charge in [-0.25, -0.2) is 0 Å². The molecule has 1 rings (SSSR count). The van der Waals surface area contributed by atoms with E-state index in [1.165, 1.54) is 0 Å². The minimum atomic E-state index is -0.0835. The maximum atomic E-state index is 5.45. The van der Waals surface area contributed by atoms with Gasteiger partial charge in [0.1, 0.15) is 5.75 Å². The third-order valence-electron chi connectivity index (χ3n) is 1.23. The fourth-order valence-corrected chi connectivity index (χ4v) is 0.683. The first-order valence-corrected chi connectivity index (χ1v) is 3.29. The maximum absolute atomic E-state index is 5.45. The Hall–Kier alpha value is -1.91. The molecule has 0 amide bonds. The SMILES string of the molecule is N/N=C(\N)Oc1ccc(N)cc1. The number of benzene rings is 1. The van der Waals surface area contributed by atoms with E-state index in [4.69, 9.17) is 22.0 Å². The Morgan fingerprint density at radius 3 is 2.33 bits per heavy atom. The van der Waals surface area contributed by atoms with Crippen molar-refractivity contribution >= 4 is 11.7 Å². The summed E-state index contributed by atoms with van der Waals surface area (Å²) in [6.45, 7) is 0. The van der Waals surface area contributed by atoms with Gasteiger partial charge in [-0.15, -0.1) is 5.10 Å². The molecule has 0 fully saturated rings. The highest BCUT2D eigenvalue weighted by Crippen LogP contribution is 2.12. The normalized spacial score (nSPS) is 11.2. The van der Waals surface area contributed by atoms with Crippen molar-refractivity contribution in [3.8, 4) is 5.75 Å². The van der Waals surface area contributed by atoms with Gasteiger partial charge in [0.25, 0.3) is 0 Å². The summed E-state index contributed by atoms with van der Waals surface area (Å²) in [5.41, 5.74) is 11.3. The summed E-state index contributed by atoms with van der Waals surface area (Å²) in [5.74, 6) is 5.41. The lowest BCUT2D eigenvalue weighted by Crippen LogP contribution is -2.21. The molecule has 0 saturated heterocycles. The maximum Gasteiger partial charge on any atom is 0.309 e. The van der Waals surface area contributed by atoms with Gasteiger partial charge in [0.15, 0.2) is 0 Å². The molecular weight excluding hydrogens is 156 g/mol. The van der Waals surface area contributed by atoms with Crippen LogP contribution in [-0.4, -0.2) is 6.02 Å². The molecule has 0 atom stereocenters. The van der Waals surface area contributed by atoms with Gasteiger partial charge >= 0.3 is 6.02 Å². The highest BCUT2D eigenvalue weighted by Gasteiger charge is 1.95. The van der Waals surface area contributed by atoms with Crippen LogP contribution in [0.2, 0.25) is 0 Å². The van der Waals surface area contributed by atoms with Crippen molar-refractivity contribution in [2.75, 3.05) is 5.73 Å². The predicted octanol–water partition coefficient (Wildman–Crippen LogP) is -0.164. The van der Waals surface area contributed by atoms with Crippen LogP contribution in [-0.2, 0) is 0 Å². The van der Waals surface area contributed by atoms with Crippen LogP contribution in [0.15, 0.2) is 29.4 Å². The summed E-state index contributed by atoms with van der Waals surface area (Å²) in [4.78, 5) is 0. The van der Waals surface area contributed by atoms with E-state index < -0.39 is 0 Å². The summed E-state index contributed by atoms with van der Waals surface area (Å²) in [6.07, 6.45) is 0. The molecule has 0 aliphatic heterocycles.